The van der Waals surface area contributed by atoms with Crippen LogP contribution < -0.4 is 5.56 Å². The lowest BCUT2D eigenvalue weighted by atomic mass is 9.97. The molecule has 0 unspecified atom stereocenters. The van der Waals surface area contributed by atoms with Crippen LogP contribution in [0.3, 0.4) is 0 Å². The highest BCUT2D eigenvalue weighted by Crippen LogP contribution is 2.36. The highest BCUT2D eigenvalue weighted by Gasteiger charge is 2.24. The van der Waals surface area contributed by atoms with Gasteiger partial charge in [0.05, 0.1) is 15.8 Å². The van der Waals surface area contributed by atoms with Gasteiger partial charge in [-0.15, -0.1) is 21.1 Å². The van der Waals surface area contributed by atoms with Gasteiger partial charge >= 0.3 is 0 Å². The van der Waals surface area contributed by atoms with E-state index in [1.54, 1.807) is 16.0 Å². The van der Waals surface area contributed by atoms with Gasteiger partial charge in [0.2, 0.25) is 5.65 Å². The smallest absolute Gasteiger partial charge is 0.267 e. The number of benzene rings is 1. The maximum absolute atomic E-state index is 13.2. The fraction of sp³-hybridized carbons (Fsp3) is 0.250. The molecule has 5 rings (SSSR count). The van der Waals surface area contributed by atoms with E-state index in [4.69, 9.17) is 0 Å². The molecule has 0 fully saturated rings. The third-order valence-corrected chi connectivity index (χ3v) is 5.71. The number of rotatable bonds is 1. The van der Waals surface area contributed by atoms with E-state index in [0.717, 1.165) is 35.0 Å². The molecule has 0 N–H and O–H groups in total. The Morgan fingerprint density at radius 1 is 1.09 bits per heavy atom. The summed E-state index contributed by atoms with van der Waals surface area (Å²) in [7, 11) is 0. The van der Waals surface area contributed by atoms with E-state index in [0.29, 0.717) is 5.65 Å². The lowest BCUT2D eigenvalue weighted by molar-refractivity contribution is 0.639. The van der Waals surface area contributed by atoms with Gasteiger partial charge in [0.25, 0.3) is 5.56 Å². The topological polar surface area (TPSA) is 65.1 Å². The Balaban J connectivity index is 1.99. The monoisotopic (exact) mass is 323 g/mol. The highest BCUT2D eigenvalue weighted by molar-refractivity contribution is 7.20. The van der Waals surface area contributed by atoms with Crippen molar-refractivity contribution in [2.75, 3.05) is 0 Å². The zero-order valence-electron chi connectivity index (χ0n) is 12.3. The first kappa shape index (κ1) is 13.0. The second kappa shape index (κ2) is 4.73. The van der Waals surface area contributed by atoms with Crippen molar-refractivity contribution in [2.24, 2.45) is 0 Å². The van der Waals surface area contributed by atoms with Crippen LogP contribution in [0.25, 0.3) is 21.4 Å². The molecule has 0 saturated carbocycles. The number of para-hydroxylation sites is 1. The SMILES string of the molecule is O=c1c2c3c(sc2c2nnnn2n1-c1ccccc1)CCCC3. The first-order valence-corrected chi connectivity index (χ1v) is 8.49. The lowest BCUT2D eigenvalue weighted by Gasteiger charge is -2.11. The molecule has 1 aliphatic rings. The molecule has 0 aliphatic heterocycles. The van der Waals surface area contributed by atoms with Crippen molar-refractivity contribution >= 4 is 27.1 Å². The average Bonchev–Trinajstić information content (AvgIpc) is 3.20. The summed E-state index contributed by atoms with van der Waals surface area (Å²) < 4.78 is 4.00. The van der Waals surface area contributed by atoms with Crippen LogP contribution in [0, 0.1) is 0 Å². The molecule has 0 radical (unpaired) electrons. The maximum atomic E-state index is 13.2. The van der Waals surface area contributed by atoms with Crippen LogP contribution >= 0.6 is 11.3 Å². The summed E-state index contributed by atoms with van der Waals surface area (Å²) in [5.41, 5.74) is 2.59. The van der Waals surface area contributed by atoms with E-state index in [1.807, 2.05) is 30.3 Å². The van der Waals surface area contributed by atoms with E-state index in [-0.39, 0.29) is 5.56 Å². The summed E-state index contributed by atoms with van der Waals surface area (Å²) in [5, 5.41) is 12.8. The van der Waals surface area contributed by atoms with Gasteiger partial charge in [0.15, 0.2) is 0 Å². The molecule has 3 heterocycles. The average molecular weight is 323 g/mol. The van der Waals surface area contributed by atoms with Gasteiger partial charge in [-0.1, -0.05) is 18.2 Å². The summed E-state index contributed by atoms with van der Waals surface area (Å²) >= 11 is 1.68. The number of aryl methyl sites for hydroxylation is 2. The molecule has 0 spiro atoms. The Kier molecular flexibility index (Phi) is 2.66. The number of tetrazole rings is 1. The molecule has 3 aromatic heterocycles. The minimum atomic E-state index is -0.0367. The fourth-order valence-corrected chi connectivity index (χ4v) is 4.74. The maximum Gasteiger partial charge on any atom is 0.280 e. The van der Waals surface area contributed by atoms with Crippen LogP contribution in [-0.2, 0) is 12.8 Å². The van der Waals surface area contributed by atoms with E-state index in [1.165, 1.54) is 21.5 Å². The van der Waals surface area contributed by atoms with Gasteiger partial charge in [-0.2, -0.15) is 4.68 Å². The number of fused-ring (bicyclic) bond motifs is 5. The van der Waals surface area contributed by atoms with Crippen LogP contribution in [0.2, 0.25) is 0 Å². The third-order valence-electron chi connectivity index (χ3n) is 4.42. The predicted octanol–water partition coefficient (Wildman–Crippen LogP) is 2.37. The largest absolute Gasteiger partial charge is 0.280 e. The minimum absolute atomic E-state index is 0.0367. The van der Waals surface area contributed by atoms with Gasteiger partial charge in [0, 0.05) is 4.88 Å². The Bertz CT molecular complexity index is 1090. The van der Waals surface area contributed by atoms with Gasteiger partial charge in [-0.05, 0) is 53.8 Å². The fourth-order valence-electron chi connectivity index (χ4n) is 3.39. The van der Waals surface area contributed by atoms with Crippen molar-refractivity contribution < 1.29 is 0 Å². The van der Waals surface area contributed by atoms with E-state index in [2.05, 4.69) is 15.5 Å². The van der Waals surface area contributed by atoms with E-state index < -0.39 is 0 Å². The van der Waals surface area contributed by atoms with Crippen LogP contribution in [0.15, 0.2) is 35.1 Å². The zero-order chi connectivity index (χ0) is 15.4. The Labute approximate surface area is 135 Å². The van der Waals surface area contributed by atoms with Crippen LogP contribution in [0.1, 0.15) is 23.3 Å². The molecule has 23 heavy (non-hydrogen) atoms. The van der Waals surface area contributed by atoms with Crippen molar-refractivity contribution in [3.05, 3.63) is 51.1 Å². The number of thiophene rings is 1. The first-order valence-electron chi connectivity index (χ1n) is 7.67. The molecule has 7 heteroatoms. The Morgan fingerprint density at radius 3 is 2.78 bits per heavy atom. The molecule has 1 aliphatic carbocycles. The standard InChI is InChI=1S/C16H13N5OS/c22-16-13-11-8-4-5-9-12(11)23-14(13)15-17-18-19-21(15)20(16)10-6-2-1-3-7-10/h1-3,6-7H,4-5,8-9H2. The summed E-state index contributed by atoms with van der Waals surface area (Å²) in [4.78, 5) is 14.5. The normalized spacial score (nSPS) is 14.4. The van der Waals surface area contributed by atoms with Crippen molar-refractivity contribution in [1.82, 2.24) is 24.8 Å². The molecular formula is C16H13N5OS. The van der Waals surface area contributed by atoms with Gasteiger partial charge in [-0.25, -0.2) is 0 Å². The number of aromatic nitrogens is 5. The molecule has 1 aromatic carbocycles. The first-order chi connectivity index (χ1) is 11.3. The number of hydrogen-bond acceptors (Lipinski definition) is 5. The van der Waals surface area contributed by atoms with Crippen molar-refractivity contribution in [3.8, 4) is 5.69 Å². The lowest BCUT2D eigenvalue weighted by Crippen LogP contribution is -2.26. The van der Waals surface area contributed by atoms with Gasteiger partial charge in [0.1, 0.15) is 0 Å². The molecule has 114 valence electrons. The quantitative estimate of drug-likeness (QED) is 0.539. The molecule has 0 atom stereocenters. The Morgan fingerprint density at radius 2 is 1.91 bits per heavy atom. The number of nitrogens with zero attached hydrogens (tertiary/aromatic N) is 5. The second-order valence-electron chi connectivity index (χ2n) is 5.76. The van der Waals surface area contributed by atoms with E-state index in [9.17, 15) is 4.79 Å². The zero-order valence-corrected chi connectivity index (χ0v) is 13.1. The minimum Gasteiger partial charge on any atom is -0.267 e. The summed E-state index contributed by atoms with van der Waals surface area (Å²) in [6.45, 7) is 0. The molecule has 4 aromatic rings. The van der Waals surface area contributed by atoms with E-state index >= 15 is 0 Å². The molecule has 6 nitrogen and oxygen atoms in total. The van der Waals surface area contributed by atoms with Crippen LogP contribution in [0.5, 0.6) is 0 Å². The summed E-state index contributed by atoms with van der Waals surface area (Å²) in [6, 6.07) is 9.53. The third kappa shape index (κ3) is 1.74. The summed E-state index contributed by atoms with van der Waals surface area (Å²) in [6.07, 6.45) is 4.35. The van der Waals surface area contributed by atoms with Crippen molar-refractivity contribution in [1.29, 1.82) is 0 Å². The van der Waals surface area contributed by atoms with Crippen molar-refractivity contribution in [2.45, 2.75) is 25.7 Å². The highest BCUT2D eigenvalue weighted by atomic mass is 32.1. The van der Waals surface area contributed by atoms with Crippen LogP contribution in [0.4, 0.5) is 0 Å². The molecule has 0 bridgehead atoms. The molecular weight excluding hydrogens is 310 g/mol. The van der Waals surface area contributed by atoms with Crippen molar-refractivity contribution in [3.63, 3.8) is 0 Å². The molecule has 0 amide bonds. The summed E-state index contributed by atoms with van der Waals surface area (Å²) in [5.74, 6) is 0. The van der Waals surface area contributed by atoms with Gasteiger partial charge in [-0.3, -0.25) is 4.79 Å². The van der Waals surface area contributed by atoms with Crippen LogP contribution in [-0.4, -0.2) is 24.8 Å². The number of hydrogen-bond donors (Lipinski definition) is 0. The van der Waals surface area contributed by atoms with Gasteiger partial charge < -0.3 is 0 Å². The molecule has 0 saturated heterocycles. The Hall–Kier alpha value is -2.54. The predicted molar refractivity (Wildman–Crippen MR) is 88.4 cm³/mol. The second-order valence-corrected chi connectivity index (χ2v) is 6.86.